The van der Waals surface area contributed by atoms with Gasteiger partial charge < -0.3 is 34.3 Å². The van der Waals surface area contributed by atoms with Crippen LogP contribution in [0.25, 0.3) is 0 Å². The lowest BCUT2D eigenvalue weighted by Crippen LogP contribution is -2.76. The number of aliphatic carboxylic acids is 1. The van der Waals surface area contributed by atoms with Gasteiger partial charge in [-0.3, -0.25) is 14.5 Å². The number of carbonyl (C=O) groups is 3. The second-order valence-corrected chi connectivity index (χ2v) is 17.1. The van der Waals surface area contributed by atoms with Gasteiger partial charge in [-0.1, -0.05) is 68.7 Å². The molecular weight excluding hydrogens is 690 g/mol. The highest BCUT2D eigenvalue weighted by atomic mass is 16.6. The summed E-state index contributed by atoms with van der Waals surface area (Å²) in [5.74, 6) is -2.11. The van der Waals surface area contributed by atoms with Crippen LogP contribution in [0.1, 0.15) is 105 Å². The number of nitrogens with zero attached hydrogens (tertiary/aromatic N) is 1. The number of carboxylic acid groups (broad SMARTS) is 1. The summed E-state index contributed by atoms with van der Waals surface area (Å²) in [5.41, 5.74) is -0.703. The second-order valence-electron chi connectivity index (χ2n) is 17.1. The molecule has 3 aliphatic carbocycles. The summed E-state index contributed by atoms with van der Waals surface area (Å²) in [7, 11) is 1.66. The van der Waals surface area contributed by atoms with Gasteiger partial charge in [-0.15, -0.1) is 0 Å². The number of aryl methyl sites for hydroxylation is 1. The number of rotatable bonds is 8. The molecule has 11 nitrogen and oxygen atoms in total. The van der Waals surface area contributed by atoms with E-state index in [1.54, 1.807) is 7.11 Å². The van der Waals surface area contributed by atoms with E-state index in [-0.39, 0.29) is 36.8 Å². The van der Waals surface area contributed by atoms with Crippen LogP contribution in [0.2, 0.25) is 0 Å². The summed E-state index contributed by atoms with van der Waals surface area (Å²) in [5, 5.41) is 30.7. The Kier molecular flexibility index (Phi) is 14.0. The number of hydrogen-bond donors (Lipinski definition) is 3. The molecule has 6 rings (SSSR count). The van der Waals surface area contributed by atoms with Gasteiger partial charge in [0, 0.05) is 51.8 Å². The van der Waals surface area contributed by atoms with Crippen molar-refractivity contribution in [2.45, 2.75) is 136 Å². The molecule has 0 radical (unpaired) electrons. The van der Waals surface area contributed by atoms with E-state index in [4.69, 9.17) is 24.1 Å². The summed E-state index contributed by atoms with van der Waals surface area (Å²) >= 11 is 0. The van der Waals surface area contributed by atoms with E-state index in [0.29, 0.717) is 25.7 Å². The number of methoxy groups -OCH3 is 1. The number of morpholine rings is 1. The number of benzene rings is 1. The Morgan fingerprint density at radius 2 is 1.70 bits per heavy atom. The normalized spacial score (nSPS) is 34.3. The van der Waals surface area contributed by atoms with Gasteiger partial charge in [-0.25, -0.2) is 4.79 Å². The van der Waals surface area contributed by atoms with Gasteiger partial charge in [0.15, 0.2) is 11.2 Å². The van der Waals surface area contributed by atoms with Gasteiger partial charge >= 0.3 is 11.9 Å². The molecule has 0 spiro atoms. The third kappa shape index (κ3) is 8.66. The zero-order valence-corrected chi connectivity index (χ0v) is 34.5. The molecule has 2 heterocycles. The predicted molar refractivity (Wildman–Crippen MR) is 206 cm³/mol. The number of fused-ring (bicyclic) bond motifs is 6. The Labute approximate surface area is 322 Å². The molecule has 304 valence electrons. The van der Waals surface area contributed by atoms with Gasteiger partial charge in [0.1, 0.15) is 11.9 Å². The lowest BCUT2D eigenvalue weighted by Gasteiger charge is -2.64. The van der Waals surface area contributed by atoms with Crippen molar-refractivity contribution in [2.75, 3.05) is 46.6 Å². The minimum atomic E-state index is -1.69. The number of Topliss-reactive ketones (excluding diaryl/α,β-unsaturated/α-hetero) is 1. The molecule has 2 aliphatic heterocycles. The number of allylic oxidation sites excluding steroid dienone is 2. The molecule has 11 heteroatoms. The monoisotopic (exact) mass is 757 g/mol. The van der Waals surface area contributed by atoms with Crippen LogP contribution in [0.15, 0.2) is 35.4 Å². The van der Waals surface area contributed by atoms with Crippen molar-refractivity contribution in [3.8, 4) is 0 Å². The van der Waals surface area contributed by atoms with Crippen molar-refractivity contribution in [3.63, 3.8) is 0 Å². The van der Waals surface area contributed by atoms with Crippen molar-refractivity contribution >= 4 is 17.7 Å². The maximum absolute atomic E-state index is 15.1. The molecule has 3 N–H and O–H groups in total. The van der Waals surface area contributed by atoms with Gasteiger partial charge in [-0.05, 0) is 77.3 Å². The van der Waals surface area contributed by atoms with E-state index in [1.165, 1.54) is 25.0 Å². The fourth-order valence-electron chi connectivity index (χ4n) is 9.60. The minimum absolute atomic E-state index is 0.128. The van der Waals surface area contributed by atoms with Crippen LogP contribution < -0.4 is 0 Å². The van der Waals surface area contributed by atoms with Crippen molar-refractivity contribution in [2.24, 2.45) is 22.7 Å². The van der Waals surface area contributed by atoms with Crippen molar-refractivity contribution in [1.29, 1.82) is 0 Å². The van der Waals surface area contributed by atoms with Crippen molar-refractivity contribution in [1.82, 2.24) is 4.90 Å². The van der Waals surface area contributed by atoms with Crippen LogP contribution in [-0.2, 0) is 39.8 Å². The Hall–Kier alpha value is -2.67. The summed E-state index contributed by atoms with van der Waals surface area (Å²) in [6.45, 7) is 21.4. The number of aliphatic hydroxyl groups is 2. The molecule has 0 aromatic heterocycles. The maximum atomic E-state index is 15.1. The maximum Gasteiger partial charge on any atom is 0.335 e. The highest BCUT2D eigenvalue weighted by molar-refractivity contribution is 5.91. The van der Waals surface area contributed by atoms with Crippen molar-refractivity contribution < 1.29 is 48.7 Å². The summed E-state index contributed by atoms with van der Waals surface area (Å²) < 4.78 is 23.8. The fraction of sp³-hybridized carbons (Fsp3) is 0.744. The zero-order valence-electron chi connectivity index (χ0n) is 34.5. The Morgan fingerprint density at radius 1 is 1.07 bits per heavy atom. The van der Waals surface area contributed by atoms with E-state index in [1.807, 2.05) is 52.0 Å². The smallest absolute Gasteiger partial charge is 0.335 e. The number of carboxylic acids is 1. The molecule has 1 aromatic carbocycles. The number of ketones is 1. The molecule has 2 saturated carbocycles. The third-order valence-electron chi connectivity index (χ3n) is 13.2. The number of ether oxygens (including phenoxy) is 4. The molecule has 2 saturated heterocycles. The van der Waals surface area contributed by atoms with E-state index in [2.05, 4.69) is 25.7 Å². The standard InChI is InChI=1S/C30H47NO7.C11H14O3.C2H6/c1-19-7-9-29(34)17-23-28(5,24(35-6)15-25-30(23,18-37-25)38-20(2)32)26(33)21(22(19)16-27(29,3)4)8-10-31-11-13-36-14-12-31;1-8-3-5-9(6-4-8)7-11(2,14)10(12)13;1-2/h21,23-25,34H,7-18H2,1-6H3;3-6,14H,7H2,1-2H3,(H,12,13);1-2H3/t21?,23?,24-,25+,28-,29+,30+;11-;/m01./s1. The SMILES string of the molecule is CC.CO[C@H]1C[C@H]2OC[C@@]2(OC(C)=O)C2C[C@]3(O)CCC(C)=C(CC3(C)C)C(CCN3CCOCC3)C(=O)[C@@]21C.Cc1ccc(C[C@@](C)(O)C(=O)O)cc1. The summed E-state index contributed by atoms with van der Waals surface area (Å²) in [4.78, 5) is 40.6. The summed E-state index contributed by atoms with van der Waals surface area (Å²) in [6.07, 6.45) is 3.01. The molecule has 5 aliphatic rings. The van der Waals surface area contributed by atoms with E-state index in [0.717, 1.165) is 56.8 Å². The lowest BCUT2D eigenvalue weighted by atomic mass is 9.50. The van der Waals surface area contributed by atoms with Crippen LogP contribution in [0.5, 0.6) is 0 Å². The highest BCUT2D eigenvalue weighted by Crippen LogP contribution is 2.62. The van der Waals surface area contributed by atoms with Crippen LogP contribution in [0.3, 0.4) is 0 Å². The Bertz CT molecular complexity index is 1510. The molecule has 2 bridgehead atoms. The first-order valence-electron chi connectivity index (χ1n) is 19.9. The van der Waals surface area contributed by atoms with E-state index < -0.39 is 45.6 Å². The predicted octanol–water partition coefficient (Wildman–Crippen LogP) is 5.70. The fourth-order valence-corrected chi connectivity index (χ4v) is 9.60. The minimum Gasteiger partial charge on any atom is -0.479 e. The van der Waals surface area contributed by atoms with Crippen LogP contribution in [0, 0.1) is 29.6 Å². The number of esters is 1. The molecule has 2 unspecified atom stereocenters. The first-order valence-corrected chi connectivity index (χ1v) is 19.9. The van der Waals surface area contributed by atoms with Gasteiger partial charge in [0.25, 0.3) is 0 Å². The highest BCUT2D eigenvalue weighted by Gasteiger charge is 2.72. The van der Waals surface area contributed by atoms with E-state index >= 15 is 4.79 Å². The average Bonchev–Trinajstić information content (AvgIpc) is 3.19. The van der Waals surface area contributed by atoms with Crippen LogP contribution in [0.4, 0.5) is 0 Å². The molecule has 4 fully saturated rings. The largest absolute Gasteiger partial charge is 0.479 e. The van der Waals surface area contributed by atoms with Gasteiger partial charge in [0.2, 0.25) is 0 Å². The van der Waals surface area contributed by atoms with Crippen LogP contribution in [-0.4, -0.2) is 114 Å². The average molecular weight is 758 g/mol. The first-order chi connectivity index (χ1) is 25.3. The second kappa shape index (κ2) is 17.2. The summed E-state index contributed by atoms with van der Waals surface area (Å²) in [6, 6.07) is 7.44. The first kappa shape index (κ1) is 44.0. The molecule has 54 heavy (non-hydrogen) atoms. The quantitative estimate of drug-likeness (QED) is 0.221. The Balaban J connectivity index is 0.000000341. The van der Waals surface area contributed by atoms with Crippen LogP contribution >= 0.6 is 0 Å². The molecular formula is C43H67NO10. The van der Waals surface area contributed by atoms with Crippen molar-refractivity contribution in [3.05, 3.63) is 46.5 Å². The third-order valence-corrected chi connectivity index (χ3v) is 13.2. The Morgan fingerprint density at radius 3 is 2.24 bits per heavy atom. The topological polar surface area (TPSA) is 152 Å². The lowest BCUT2D eigenvalue weighted by molar-refractivity contribution is -0.327. The van der Waals surface area contributed by atoms with Gasteiger partial charge in [0.05, 0.1) is 36.9 Å². The van der Waals surface area contributed by atoms with E-state index in [9.17, 15) is 19.8 Å². The van der Waals surface area contributed by atoms with Gasteiger partial charge in [-0.2, -0.15) is 0 Å². The molecule has 1 aromatic rings. The number of hydrogen-bond acceptors (Lipinski definition) is 10. The molecule has 0 amide bonds. The molecule has 8 atom stereocenters. The zero-order chi connectivity index (χ0) is 40.3. The number of carbonyl (C=O) groups excluding carboxylic acids is 2.